The van der Waals surface area contributed by atoms with Crippen molar-refractivity contribution in [3.63, 3.8) is 0 Å². The number of nitrogens with two attached hydrogens (primary N) is 1. The first-order valence-corrected chi connectivity index (χ1v) is 9.54. The van der Waals surface area contributed by atoms with E-state index in [0.29, 0.717) is 31.2 Å². The first-order valence-electron chi connectivity index (χ1n) is 7.72. The fourth-order valence-corrected chi connectivity index (χ4v) is 4.67. The largest absolute Gasteiger partial charge is 0.493 e. The molecule has 0 atom stereocenters. The van der Waals surface area contributed by atoms with Crippen LogP contribution in [0.1, 0.15) is 37.7 Å². The molecule has 1 aliphatic rings. The Labute approximate surface area is 127 Å². The Hall–Kier alpha value is -1.07. The molecule has 1 aliphatic carbocycles. The fraction of sp³-hybridized carbons (Fsp3) is 0.625. The van der Waals surface area contributed by atoms with Crippen LogP contribution >= 0.6 is 0 Å². The van der Waals surface area contributed by atoms with E-state index in [-0.39, 0.29) is 5.75 Å². The molecule has 0 spiro atoms. The summed E-state index contributed by atoms with van der Waals surface area (Å²) in [6, 6.07) is 7.60. The topological polar surface area (TPSA) is 69.4 Å². The number of hydrogen-bond donors (Lipinski definition) is 1. The number of para-hydroxylation sites is 1. The van der Waals surface area contributed by atoms with Crippen molar-refractivity contribution in [1.29, 1.82) is 0 Å². The second-order valence-corrected chi connectivity index (χ2v) is 8.01. The molecule has 1 saturated carbocycles. The second-order valence-electron chi connectivity index (χ2n) is 5.78. The van der Waals surface area contributed by atoms with Gasteiger partial charge in [0.05, 0.1) is 18.1 Å². The molecule has 2 rings (SSSR count). The maximum absolute atomic E-state index is 12.0. The van der Waals surface area contributed by atoms with Crippen LogP contribution in [0.3, 0.4) is 0 Å². The van der Waals surface area contributed by atoms with Gasteiger partial charge >= 0.3 is 0 Å². The van der Waals surface area contributed by atoms with E-state index in [4.69, 9.17) is 10.5 Å². The van der Waals surface area contributed by atoms with Crippen LogP contribution in [0.25, 0.3) is 0 Å². The van der Waals surface area contributed by atoms with Gasteiger partial charge in [0.15, 0.2) is 9.84 Å². The monoisotopic (exact) mass is 311 g/mol. The van der Waals surface area contributed by atoms with Crippen LogP contribution < -0.4 is 10.5 Å². The van der Waals surface area contributed by atoms with Crippen molar-refractivity contribution < 1.29 is 13.2 Å². The molecular formula is C16H25NO3S. The average Bonchev–Trinajstić information content (AvgIpc) is 2.96. The lowest BCUT2D eigenvalue weighted by Crippen LogP contribution is -2.18. The Kier molecular flexibility index (Phi) is 6.06. The van der Waals surface area contributed by atoms with Crippen molar-refractivity contribution in [2.75, 3.05) is 18.1 Å². The molecule has 0 radical (unpaired) electrons. The van der Waals surface area contributed by atoms with Gasteiger partial charge in [0.2, 0.25) is 0 Å². The summed E-state index contributed by atoms with van der Waals surface area (Å²) in [5.41, 5.74) is 6.59. The highest BCUT2D eigenvalue weighted by Crippen LogP contribution is 2.26. The van der Waals surface area contributed by atoms with Gasteiger partial charge in [-0.1, -0.05) is 31.0 Å². The molecule has 1 fully saturated rings. The summed E-state index contributed by atoms with van der Waals surface area (Å²) in [5, 5.41) is 0. The normalized spacial score (nSPS) is 16.2. The summed E-state index contributed by atoms with van der Waals surface area (Å²) in [6.07, 6.45) is 5.03. The minimum Gasteiger partial charge on any atom is -0.493 e. The van der Waals surface area contributed by atoms with Crippen molar-refractivity contribution in [3.8, 4) is 5.75 Å². The van der Waals surface area contributed by atoms with E-state index in [2.05, 4.69) is 0 Å². The minimum absolute atomic E-state index is 0.217. The van der Waals surface area contributed by atoms with Gasteiger partial charge in [0.25, 0.3) is 0 Å². The SMILES string of the molecule is NCc1ccccc1OCCCS(=O)(=O)CC1CCCC1. The van der Waals surface area contributed by atoms with Crippen LogP contribution in [0.15, 0.2) is 24.3 Å². The summed E-state index contributed by atoms with van der Waals surface area (Å²) in [5.74, 6) is 1.71. The second kappa shape index (κ2) is 7.80. The zero-order chi connectivity index (χ0) is 15.1. The smallest absolute Gasteiger partial charge is 0.150 e. The Bertz CT molecular complexity index is 536. The number of rotatable bonds is 8. The molecule has 1 aromatic carbocycles. The number of ether oxygens (including phenoxy) is 1. The van der Waals surface area contributed by atoms with Crippen molar-refractivity contribution in [1.82, 2.24) is 0 Å². The molecule has 0 bridgehead atoms. The predicted molar refractivity (Wildman–Crippen MR) is 85.1 cm³/mol. The summed E-state index contributed by atoms with van der Waals surface area (Å²) in [6.45, 7) is 0.844. The molecule has 0 aromatic heterocycles. The third-order valence-corrected chi connectivity index (χ3v) is 5.90. The molecule has 0 heterocycles. The third-order valence-electron chi connectivity index (χ3n) is 4.01. The molecule has 0 aliphatic heterocycles. The van der Waals surface area contributed by atoms with E-state index in [1.165, 1.54) is 12.8 Å². The first kappa shape index (κ1) is 16.3. The van der Waals surface area contributed by atoms with Crippen LogP contribution in [-0.4, -0.2) is 26.5 Å². The van der Waals surface area contributed by atoms with Crippen molar-refractivity contribution >= 4 is 9.84 Å². The van der Waals surface area contributed by atoms with E-state index in [9.17, 15) is 8.42 Å². The third kappa shape index (κ3) is 5.32. The Morgan fingerprint density at radius 2 is 1.90 bits per heavy atom. The molecule has 5 heteroatoms. The molecule has 0 amide bonds. The van der Waals surface area contributed by atoms with E-state index >= 15 is 0 Å². The van der Waals surface area contributed by atoms with E-state index in [1.807, 2.05) is 24.3 Å². The van der Waals surface area contributed by atoms with Crippen molar-refractivity contribution in [2.24, 2.45) is 11.7 Å². The van der Waals surface area contributed by atoms with Gasteiger partial charge in [-0.2, -0.15) is 0 Å². The van der Waals surface area contributed by atoms with Crippen LogP contribution in [0.2, 0.25) is 0 Å². The summed E-state index contributed by atoms with van der Waals surface area (Å²) >= 11 is 0. The first-order chi connectivity index (χ1) is 10.1. The molecule has 2 N–H and O–H groups in total. The van der Waals surface area contributed by atoms with Crippen molar-refractivity contribution in [2.45, 2.75) is 38.6 Å². The molecule has 4 nitrogen and oxygen atoms in total. The van der Waals surface area contributed by atoms with Crippen LogP contribution in [0.5, 0.6) is 5.75 Å². The molecule has 0 unspecified atom stereocenters. The van der Waals surface area contributed by atoms with Crippen LogP contribution in [0, 0.1) is 5.92 Å². The molecule has 0 saturated heterocycles. The van der Waals surface area contributed by atoms with Gasteiger partial charge in [-0.05, 0) is 31.2 Å². The average molecular weight is 311 g/mol. The predicted octanol–water partition coefficient (Wildman–Crippen LogP) is 2.52. The Morgan fingerprint density at radius 3 is 2.62 bits per heavy atom. The maximum atomic E-state index is 12.0. The van der Waals surface area contributed by atoms with Gasteiger partial charge in [-0.3, -0.25) is 0 Å². The molecule has 1 aromatic rings. The quantitative estimate of drug-likeness (QED) is 0.749. The molecule has 21 heavy (non-hydrogen) atoms. The molecular weight excluding hydrogens is 286 g/mol. The van der Waals surface area contributed by atoms with Gasteiger partial charge in [0, 0.05) is 12.1 Å². The van der Waals surface area contributed by atoms with Gasteiger partial charge in [-0.15, -0.1) is 0 Å². The highest BCUT2D eigenvalue weighted by molar-refractivity contribution is 7.91. The van der Waals surface area contributed by atoms with Crippen molar-refractivity contribution in [3.05, 3.63) is 29.8 Å². The number of benzene rings is 1. The zero-order valence-corrected chi connectivity index (χ0v) is 13.3. The fourth-order valence-electron chi connectivity index (χ4n) is 2.89. The molecule has 118 valence electrons. The minimum atomic E-state index is -2.94. The summed E-state index contributed by atoms with van der Waals surface area (Å²) in [4.78, 5) is 0. The standard InChI is InChI=1S/C16H25NO3S/c17-12-15-8-3-4-9-16(15)20-10-5-11-21(18,19)13-14-6-1-2-7-14/h3-4,8-9,14H,1-2,5-7,10-13,17H2. The van der Waals surface area contributed by atoms with E-state index in [1.54, 1.807) is 0 Å². The zero-order valence-electron chi connectivity index (χ0n) is 12.5. The summed E-state index contributed by atoms with van der Waals surface area (Å²) < 4.78 is 29.7. The highest BCUT2D eigenvalue weighted by atomic mass is 32.2. The number of sulfone groups is 1. The van der Waals surface area contributed by atoms with Gasteiger partial charge in [-0.25, -0.2) is 8.42 Å². The number of hydrogen-bond acceptors (Lipinski definition) is 4. The lowest BCUT2D eigenvalue weighted by molar-refractivity contribution is 0.314. The van der Waals surface area contributed by atoms with Crippen LogP contribution in [-0.2, 0) is 16.4 Å². The van der Waals surface area contributed by atoms with E-state index < -0.39 is 9.84 Å². The Balaban J connectivity index is 1.73. The summed E-state index contributed by atoms with van der Waals surface area (Å²) in [7, 11) is -2.94. The van der Waals surface area contributed by atoms with Gasteiger partial charge in [0.1, 0.15) is 5.75 Å². The van der Waals surface area contributed by atoms with E-state index in [0.717, 1.165) is 24.2 Å². The maximum Gasteiger partial charge on any atom is 0.150 e. The lowest BCUT2D eigenvalue weighted by Gasteiger charge is -2.12. The Morgan fingerprint density at radius 1 is 1.19 bits per heavy atom. The van der Waals surface area contributed by atoms with Crippen LogP contribution in [0.4, 0.5) is 0 Å². The lowest BCUT2D eigenvalue weighted by atomic mass is 10.1. The highest BCUT2D eigenvalue weighted by Gasteiger charge is 2.22. The van der Waals surface area contributed by atoms with Gasteiger partial charge < -0.3 is 10.5 Å².